The van der Waals surface area contributed by atoms with E-state index in [0.29, 0.717) is 5.69 Å². The molecule has 0 atom stereocenters. The minimum atomic E-state index is -3.18. The molecule has 0 aromatic heterocycles. The van der Waals surface area contributed by atoms with Crippen molar-refractivity contribution in [3.8, 4) is 0 Å². The van der Waals surface area contributed by atoms with E-state index >= 15 is 0 Å². The molecule has 2 N–H and O–H groups in total. The van der Waals surface area contributed by atoms with E-state index in [9.17, 15) is 8.42 Å². The van der Waals surface area contributed by atoms with Crippen molar-refractivity contribution in [3.05, 3.63) is 24.3 Å². The first-order chi connectivity index (χ1) is 8.57. The summed E-state index contributed by atoms with van der Waals surface area (Å²) in [5, 5.41) is 3.29. The van der Waals surface area contributed by atoms with Gasteiger partial charge in [-0.2, -0.15) is 11.8 Å². The smallest absolute Gasteiger partial charge is 0.232 e. The summed E-state index contributed by atoms with van der Waals surface area (Å²) in [6.07, 6.45) is 3.21. The van der Waals surface area contributed by atoms with E-state index < -0.39 is 10.0 Å². The van der Waals surface area contributed by atoms with Gasteiger partial charge in [0.05, 0.1) is 5.75 Å². The van der Waals surface area contributed by atoms with Crippen molar-refractivity contribution in [2.75, 3.05) is 34.3 Å². The predicted octanol–water partition coefficient (Wildman–Crippen LogP) is 2.61. The highest BCUT2D eigenvalue weighted by Gasteiger charge is 2.05. The number of rotatable bonds is 8. The minimum Gasteiger partial charge on any atom is -0.385 e. The Morgan fingerprint density at radius 2 is 1.78 bits per heavy atom. The average Bonchev–Trinajstić information content (AvgIpc) is 2.36. The molecule has 0 saturated carbocycles. The first kappa shape index (κ1) is 15.2. The van der Waals surface area contributed by atoms with Gasteiger partial charge >= 0.3 is 0 Å². The summed E-state index contributed by atoms with van der Waals surface area (Å²) in [6.45, 7) is 2.55. The Bertz CT molecular complexity index is 444. The van der Waals surface area contributed by atoms with Gasteiger partial charge in [-0.05, 0) is 49.6 Å². The van der Waals surface area contributed by atoms with Gasteiger partial charge < -0.3 is 5.32 Å². The summed E-state index contributed by atoms with van der Waals surface area (Å²) in [6, 6.07) is 7.30. The molecule has 6 heteroatoms. The zero-order valence-electron chi connectivity index (χ0n) is 10.8. The molecule has 0 fully saturated rings. The third-order valence-corrected chi connectivity index (χ3v) is 4.40. The molecule has 0 aliphatic rings. The Labute approximate surface area is 114 Å². The maximum atomic E-state index is 11.4. The van der Waals surface area contributed by atoms with Crippen LogP contribution in [-0.4, -0.2) is 32.7 Å². The van der Waals surface area contributed by atoms with Crippen LogP contribution in [0.25, 0.3) is 0 Å². The summed E-state index contributed by atoms with van der Waals surface area (Å²) in [7, 11) is -3.18. The van der Waals surface area contributed by atoms with Crippen LogP contribution in [0.3, 0.4) is 0 Å². The Balaban J connectivity index is 2.47. The van der Waals surface area contributed by atoms with Crippen molar-refractivity contribution in [1.82, 2.24) is 0 Å². The highest BCUT2D eigenvalue weighted by molar-refractivity contribution is 7.98. The molecule has 0 aliphatic heterocycles. The van der Waals surface area contributed by atoms with Crippen LogP contribution in [0.4, 0.5) is 11.4 Å². The molecule has 1 aromatic carbocycles. The Morgan fingerprint density at radius 1 is 1.17 bits per heavy atom. The predicted molar refractivity (Wildman–Crippen MR) is 81.0 cm³/mol. The van der Waals surface area contributed by atoms with Crippen LogP contribution in [0, 0.1) is 0 Å². The maximum absolute atomic E-state index is 11.4. The average molecular weight is 288 g/mol. The summed E-state index contributed by atoms with van der Waals surface area (Å²) in [5.74, 6) is 1.23. The number of thioether (sulfide) groups is 1. The van der Waals surface area contributed by atoms with Crippen LogP contribution in [0.5, 0.6) is 0 Å². The minimum absolute atomic E-state index is 0.0850. The molecule has 0 saturated heterocycles. The third-order valence-electron chi connectivity index (χ3n) is 2.39. The molecule has 0 unspecified atom stereocenters. The Morgan fingerprint density at radius 3 is 2.33 bits per heavy atom. The summed E-state index contributed by atoms with van der Waals surface area (Å²) in [5.41, 5.74) is 1.61. The molecule has 0 heterocycles. The van der Waals surface area contributed by atoms with Gasteiger partial charge in [-0.3, -0.25) is 4.72 Å². The van der Waals surface area contributed by atoms with Crippen LogP contribution in [0.1, 0.15) is 13.3 Å². The van der Waals surface area contributed by atoms with Crippen molar-refractivity contribution in [2.24, 2.45) is 0 Å². The maximum Gasteiger partial charge on any atom is 0.232 e. The van der Waals surface area contributed by atoms with Crippen molar-refractivity contribution in [3.63, 3.8) is 0 Å². The van der Waals surface area contributed by atoms with E-state index in [1.54, 1.807) is 19.1 Å². The fraction of sp³-hybridized carbons (Fsp3) is 0.500. The SMILES string of the molecule is CCS(=O)(=O)Nc1ccc(NCCCSC)cc1. The molecule has 0 bridgehead atoms. The van der Waals surface area contributed by atoms with Gasteiger partial charge in [0.1, 0.15) is 0 Å². The van der Waals surface area contributed by atoms with Crippen LogP contribution >= 0.6 is 11.8 Å². The third kappa shape index (κ3) is 5.64. The fourth-order valence-corrected chi connectivity index (χ4v) is 2.43. The van der Waals surface area contributed by atoms with Gasteiger partial charge in [-0.1, -0.05) is 0 Å². The van der Waals surface area contributed by atoms with Gasteiger partial charge in [-0.15, -0.1) is 0 Å². The van der Waals surface area contributed by atoms with Crippen molar-refractivity contribution in [2.45, 2.75) is 13.3 Å². The van der Waals surface area contributed by atoms with E-state index in [1.165, 1.54) is 0 Å². The van der Waals surface area contributed by atoms with Gasteiger partial charge in [0.25, 0.3) is 0 Å². The lowest BCUT2D eigenvalue weighted by molar-refractivity contribution is 0.602. The van der Waals surface area contributed by atoms with Crippen LogP contribution in [0.2, 0.25) is 0 Å². The van der Waals surface area contributed by atoms with Crippen LogP contribution in [-0.2, 0) is 10.0 Å². The van der Waals surface area contributed by atoms with E-state index in [4.69, 9.17) is 0 Å². The zero-order chi connectivity index (χ0) is 13.4. The Kier molecular flexibility index (Phi) is 6.35. The molecular formula is C12H20N2O2S2. The lowest BCUT2D eigenvalue weighted by Crippen LogP contribution is -2.14. The van der Waals surface area contributed by atoms with Crippen LogP contribution in [0.15, 0.2) is 24.3 Å². The van der Waals surface area contributed by atoms with E-state index in [-0.39, 0.29) is 5.75 Å². The number of nitrogens with one attached hydrogen (secondary N) is 2. The summed E-state index contributed by atoms with van der Waals surface area (Å²) >= 11 is 1.83. The molecule has 0 spiro atoms. The van der Waals surface area contributed by atoms with Gasteiger partial charge in [0.15, 0.2) is 0 Å². The molecule has 0 aliphatic carbocycles. The van der Waals surface area contributed by atoms with Gasteiger partial charge in [0.2, 0.25) is 10.0 Å². The quantitative estimate of drug-likeness (QED) is 0.722. The highest BCUT2D eigenvalue weighted by Crippen LogP contribution is 2.15. The monoisotopic (exact) mass is 288 g/mol. The van der Waals surface area contributed by atoms with Crippen molar-refractivity contribution in [1.29, 1.82) is 0 Å². The zero-order valence-corrected chi connectivity index (χ0v) is 12.4. The molecule has 1 aromatic rings. The molecule has 102 valence electrons. The molecule has 0 radical (unpaired) electrons. The first-order valence-corrected chi connectivity index (χ1v) is 8.95. The fourth-order valence-electron chi connectivity index (χ4n) is 1.36. The number of sulfonamides is 1. The van der Waals surface area contributed by atoms with Crippen LogP contribution < -0.4 is 10.0 Å². The lowest BCUT2D eigenvalue weighted by atomic mass is 10.3. The first-order valence-electron chi connectivity index (χ1n) is 5.91. The summed E-state index contributed by atoms with van der Waals surface area (Å²) in [4.78, 5) is 0. The number of hydrogen-bond acceptors (Lipinski definition) is 4. The standard InChI is InChI=1S/C12H20N2O2S2/c1-3-18(15,16)14-12-7-5-11(6-8-12)13-9-4-10-17-2/h5-8,13-14H,3-4,9-10H2,1-2H3. The van der Waals surface area contributed by atoms with Gasteiger partial charge in [-0.25, -0.2) is 8.42 Å². The lowest BCUT2D eigenvalue weighted by Gasteiger charge is -2.08. The molecule has 1 rings (SSSR count). The van der Waals surface area contributed by atoms with E-state index in [0.717, 1.165) is 24.4 Å². The normalized spacial score (nSPS) is 11.2. The highest BCUT2D eigenvalue weighted by atomic mass is 32.2. The molecule has 0 amide bonds. The van der Waals surface area contributed by atoms with Crippen molar-refractivity contribution < 1.29 is 8.42 Å². The molecule has 18 heavy (non-hydrogen) atoms. The molecule has 4 nitrogen and oxygen atoms in total. The number of hydrogen-bond donors (Lipinski definition) is 2. The molecular weight excluding hydrogens is 268 g/mol. The topological polar surface area (TPSA) is 58.2 Å². The van der Waals surface area contributed by atoms with E-state index in [2.05, 4.69) is 16.3 Å². The number of anilines is 2. The summed E-state index contributed by atoms with van der Waals surface area (Å²) < 4.78 is 25.2. The largest absolute Gasteiger partial charge is 0.385 e. The second-order valence-electron chi connectivity index (χ2n) is 3.86. The number of benzene rings is 1. The second-order valence-corrected chi connectivity index (χ2v) is 6.85. The van der Waals surface area contributed by atoms with E-state index in [1.807, 2.05) is 23.9 Å². The second kappa shape index (κ2) is 7.53. The van der Waals surface area contributed by atoms with Gasteiger partial charge in [0, 0.05) is 17.9 Å². The van der Waals surface area contributed by atoms with Crippen molar-refractivity contribution >= 4 is 33.2 Å². The Hall–Kier alpha value is -0.880.